The molecule has 3 nitrogen and oxygen atoms in total. The number of thioether (sulfide) groups is 1. The fraction of sp³-hybridized carbons (Fsp3) is 0.727. The van der Waals surface area contributed by atoms with E-state index >= 15 is 0 Å². The number of hydrogen-bond donors (Lipinski definition) is 1. The maximum Gasteiger partial charge on any atom is 0.0537 e. The van der Waals surface area contributed by atoms with Crippen LogP contribution >= 0.6 is 11.8 Å². The molecule has 0 spiro atoms. The van der Waals surface area contributed by atoms with Crippen molar-refractivity contribution in [3.63, 3.8) is 0 Å². The first-order chi connectivity index (χ1) is 7.27. The van der Waals surface area contributed by atoms with Crippen molar-refractivity contribution in [1.29, 1.82) is 0 Å². The van der Waals surface area contributed by atoms with Gasteiger partial charge in [-0.15, -0.1) is 0 Å². The highest BCUT2D eigenvalue weighted by Gasteiger charge is 2.11. The van der Waals surface area contributed by atoms with Crippen molar-refractivity contribution in [1.82, 2.24) is 15.1 Å². The molecule has 0 aliphatic heterocycles. The number of nitrogens with zero attached hydrogens (tertiary/aromatic N) is 2. The predicted octanol–water partition coefficient (Wildman–Crippen LogP) is 2.21. The molecule has 0 bridgehead atoms. The first-order valence-electron chi connectivity index (χ1n) is 5.57. The van der Waals surface area contributed by atoms with Gasteiger partial charge in [-0.2, -0.15) is 16.9 Å². The topological polar surface area (TPSA) is 29.9 Å². The van der Waals surface area contributed by atoms with Crippen molar-refractivity contribution in [3.8, 4) is 0 Å². The van der Waals surface area contributed by atoms with Crippen LogP contribution in [0.1, 0.15) is 31.9 Å². The highest BCUT2D eigenvalue weighted by molar-refractivity contribution is 7.99. The van der Waals surface area contributed by atoms with Gasteiger partial charge in [-0.25, -0.2) is 0 Å². The Balaban J connectivity index is 2.54. The van der Waals surface area contributed by atoms with Crippen molar-refractivity contribution in [2.45, 2.75) is 26.3 Å². The van der Waals surface area contributed by atoms with E-state index in [4.69, 9.17) is 0 Å². The molecule has 0 aromatic carbocycles. The molecular weight excluding hydrogens is 206 g/mol. The van der Waals surface area contributed by atoms with Gasteiger partial charge in [-0.1, -0.05) is 13.8 Å². The van der Waals surface area contributed by atoms with E-state index < -0.39 is 0 Å². The van der Waals surface area contributed by atoms with Gasteiger partial charge in [0.25, 0.3) is 0 Å². The number of hydrogen-bond acceptors (Lipinski definition) is 3. The molecule has 1 rings (SSSR count). The van der Waals surface area contributed by atoms with Gasteiger partial charge in [-0.3, -0.25) is 4.68 Å². The van der Waals surface area contributed by atoms with Crippen molar-refractivity contribution in [2.75, 3.05) is 18.1 Å². The third-order valence-corrected chi connectivity index (χ3v) is 3.23. The molecule has 4 heteroatoms. The summed E-state index contributed by atoms with van der Waals surface area (Å²) in [5.41, 5.74) is 1.30. The number of rotatable bonds is 7. The second kappa shape index (κ2) is 6.90. The Bertz CT molecular complexity index is 265. The van der Waals surface area contributed by atoms with Gasteiger partial charge in [0.05, 0.1) is 6.20 Å². The summed E-state index contributed by atoms with van der Waals surface area (Å²) >= 11 is 1.97. The van der Waals surface area contributed by atoms with Gasteiger partial charge in [0, 0.05) is 30.6 Å². The summed E-state index contributed by atoms with van der Waals surface area (Å²) in [5, 5.41) is 7.78. The van der Waals surface area contributed by atoms with E-state index in [1.165, 1.54) is 17.7 Å². The Labute approximate surface area is 96.6 Å². The first-order valence-corrected chi connectivity index (χ1v) is 6.73. The summed E-state index contributed by atoms with van der Waals surface area (Å²) in [7, 11) is 1.97. The molecule has 1 N–H and O–H groups in total. The summed E-state index contributed by atoms with van der Waals surface area (Å²) in [6, 6.07) is 0.448. The van der Waals surface area contributed by atoms with E-state index in [1.54, 1.807) is 0 Å². The third kappa shape index (κ3) is 4.26. The summed E-state index contributed by atoms with van der Waals surface area (Å²) in [4.78, 5) is 0. The van der Waals surface area contributed by atoms with Crippen LogP contribution in [-0.4, -0.2) is 27.8 Å². The minimum atomic E-state index is 0.448. The van der Waals surface area contributed by atoms with E-state index in [0.717, 1.165) is 12.3 Å². The second-order valence-corrected chi connectivity index (χ2v) is 4.93. The van der Waals surface area contributed by atoms with E-state index in [0.29, 0.717) is 6.04 Å². The number of aromatic nitrogens is 2. The lowest BCUT2D eigenvalue weighted by Crippen LogP contribution is -2.23. The Morgan fingerprint density at radius 3 is 2.87 bits per heavy atom. The lowest BCUT2D eigenvalue weighted by molar-refractivity contribution is 0.577. The largest absolute Gasteiger partial charge is 0.309 e. The molecule has 0 aliphatic rings. The summed E-state index contributed by atoms with van der Waals surface area (Å²) in [6.45, 7) is 5.47. The van der Waals surface area contributed by atoms with Crippen LogP contribution in [0.3, 0.4) is 0 Å². The molecule has 1 unspecified atom stereocenters. The molecule has 15 heavy (non-hydrogen) atoms. The third-order valence-electron chi connectivity index (χ3n) is 2.26. The van der Waals surface area contributed by atoms with Crippen LogP contribution in [0, 0.1) is 0 Å². The van der Waals surface area contributed by atoms with Gasteiger partial charge in [0.15, 0.2) is 0 Å². The lowest BCUT2D eigenvalue weighted by Gasteiger charge is -2.16. The fourth-order valence-electron chi connectivity index (χ4n) is 1.45. The van der Waals surface area contributed by atoms with Crippen LogP contribution in [0.25, 0.3) is 0 Å². The van der Waals surface area contributed by atoms with Crippen LogP contribution < -0.4 is 5.32 Å². The van der Waals surface area contributed by atoms with Crippen LogP contribution in [0.15, 0.2) is 12.4 Å². The number of nitrogens with one attached hydrogen (secondary N) is 1. The molecule has 0 aliphatic carbocycles. The Kier molecular flexibility index (Phi) is 5.79. The highest BCUT2D eigenvalue weighted by Crippen LogP contribution is 2.17. The number of aryl methyl sites for hydroxylation is 1. The van der Waals surface area contributed by atoms with Gasteiger partial charge in [0.1, 0.15) is 0 Å². The molecule has 0 saturated heterocycles. The van der Waals surface area contributed by atoms with E-state index in [1.807, 2.05) is 29.7 Å². The highest BCUT2D eigenvalue weighted by atomic mass is 32.2. The Morgan fingerprint density at radius 1 is 1.53 bits per heavy atom. The van der Waals surface area contributed by atoms with Crippen LogP contribution in [0.5, 0.6) is 0 Å². The lowest BCUT2D eigenvalue weighted by atomic mass is 10.2. The van der Waals surface area contributed by atoms with Gasteiger partial charge >= 0.3 is 0 Å². The predicted molar refractivity (Wildman–Crippen MR) is 67.2 cm³/mol. The van der Waals surface area contributed by atoms with Crippen molar-refractivity contribution in [2.24, 2.45) is 7.05 Å². The molecule has 0 radical (unpaired) electrons. The molecule has 0 fully saturated rings. The van der Waals surface area contributed by atoms with Crippen LogP contribution in [-0.2, 0) is 7.05 Å². The Hall–Kier alpha value is -0.480. The summed E-state index contributed by atoms with van der Waals surface area (Å²) < 4.78 is 1.87. The monoisotopic (exact) mass is 227 g/mol. The fourth-order valence-corrected chi connectivity index (χ4v) is 2.23. The molecule has 1 atom stereocenters. The standard InChI is InChI=1S/C11H21N3S/c1-4-6-12-11(9-15-5-2)10-7-13-14(3)8-10/h7-8,11-12H,4-6,9H2,1-3H3. The first kappa shape index (κ1) is 12.6. The minimum absolute atomic E-state index is 0.448. The molecule has 1 heterocycles. The maximum absolute atomic E-state index is 4.22. The molecule has 0 saturated carbocycles. The summed E-state index contributed by atoms with van der Waals surface area (Å²) in [5.74, 6) is 2.30. The zero-order valence-corrected chi connectivity index (χ0v) is 10.7. The van der Waals surface area contributed by atoms with Crippen LogP contribution in [0.2, 0.25) is 0 Å². The van der Waals surface area contributed by atoms with Gasteiger partial charge in [0.2, 0.25) is 0 Å². The molecule has 1 aromatic heterocycles. The van der Waals surface area contributed by atoms with Gasteiger partial charge < -0.3 is 5.32 Å². The van der Waals surface area contributed by atoms with Crippen molar-refractivity contribution < 1.29 is 0 Å². The summed E-state index contributed by atoms with van der Waals surface area (Å²) in [6.07, 6.45) is 5.24. The zero-order chi connectivity index (χ0) is 11.1. The second-order valence-electron chi connectivity index (χ2n) is 3.61. The van der Waals surface area contributed by atoms with E-state index in [-0.39, 0.29) is 0 Å². The van der Waals surface area contributed by atoms with Crippen molar-refractivity contribution >= 4 is 11.8 Å². The normalized spacial score (nSPS) is 13.0. The molecule has 86 valence electrons. The smallest absolute Gasteiger partial charge is 0.0537 e. The SMILES string of the molecule is CCCNC(CSCC)c1cnn(C)c1. The molecule has 0 amide bonds. The minimum Gasteiger partial charge on any atom is -0.309 e. The maximum atomic E-state index is 4.22. The van der Waals surface area contributed by atoms with E-state index in [2.05, 4.69) is 30.5 Å². The molecular formula is C11H21N3S. The quantitative estimate of drug-likeness (QED) is 0.774. The van der Waals surface area contributed by atoms with Crippen LogP contribution in [0.4, 0.5) is 0 Å². The van der Waals surface area contributed by atoms with Crippen molar-refractivity contribution in [3.05, 3.63) is 18.0 Å². The average Bonchev–Trinajstić information content (AvgIpc) is 2.65. The Morgan fingerprint density at radius 2 is 2.33 bits per heavy atom. The molecule has 1 aromatic rings. The zero-order valence-electron chi connectivity index (χ0n) is 9.86. The van der Waals surface area contributed by atoms with Gasteiger partial charge in [-0.05, 0) is 18.7 Å². The average molecular weight is 227 g/mol. The van der Waals surface area contributed by atoms with E-state index in [9.17, 15) is 0 Å².